The van der Waals surface area contributed by atoms with Gasteiger partial charge in [-0.25, -0.2) is 9.59 Å². The van der Waals surface area contributed by atoms with Crippen LogP contribution in [0.15, 0.2) is 24.3 Å². The van der Waals surface area contributed by atoms with Gasteiger partial charge < -0.3 is 15.0 Å². The van der Waals surface area contributed by atoms with E-state index in [4.69, 9.17) is 11.6 Å². The third-order valence-corrected chi connectivity index (χ3v) is 4.78. The molecule has 0 saturated carbocycles. The molecule has 1 aromatic heterocycles. The fourth-order valence-electron chi connectivity index (χ4n) is 3.21. The van der Waals surface area contributed by atoms with Gasteiger partial charge in [0.15, 0.2) is 0 Å². The van der Waals surface area contributed by atoms with Gasteiger partial charge in [0, 0.05) is 24.5 Å². The molecule has 0 aliphatic carbocycles. The van der Waals surface area contributed by atoms with Crippen LogP contribution in [0.1, 0.15) is 34.2 Å². The van der Waals surface area contributed by atoms with Crippen molar-refractivity contribution in [3.05, 3.63) is 46.2 Å². The first kappa shape index (κ1) is 18.3. The Labute approximate surface area is 156 Å². The average molecular weight is 377 g/mol. The number of hydrogen-bond acceptors (Lipinski definition) is 4. The maximum absolute atomic E-state index is 12.5. The highest BCUT2D eigenvalue weighted by Gasteiger charge is 2.29. The Bertz CT molecular complexity index is 849. The molecule has 2 heterocycles. The van der Waals surface area contributed by atoms with Gasteiger partial charge in [0.25, 0.3) is 0 Å². The van der Waals surface area contributed by atoms with Gasteiger partial charge in [0.1, 0.15) is 0 Å². The van der Waals surface area contributed by atoms with Crippen molar-refractivity contribution in [2.75, 3.05) is 25.5 Å². The molecule has 1 unspecified atom stereocenters. The lowest BCUT2D eigenvalue weighted by molar-refractivity contribution is 0.0601. The minimum Gasteiger partial charge on any atom is -0.465 e. The molecule has 7 nitrogen and oxygen atoms in total. The van der Waals surface area contributed by atoms with E-state index in [0.29, 0.717) is 18.8 Å². The number of ether oxygens (including phenoxy) is 1. The number of amides is 2. The van der Waals surface area contributed by atoms with Crippen molar-refractivity contribution in [1.82, 2.24) is 14.7 Å². The highest BCUT2D eigenvalue weighted by atomic mass is 35.5. The SMILES string of the molecule is COC(=O)c1ccc(NC(=O)N2CCC(n3nc(C)cc3C)C2)cc1Cl. The number of methoxy groups -OCH3 is 1. The second kappa shape index (κ2) is 7.37. The normalized spacial score (nSPS) is 16.6. The second-order valence-corrected chi connectivity index (χ2v) is 6.78. The molecule has 1 atom stereocenters. The molecule has 138 valence electrons. The number of rotatable bonds is 3. The lowest BCUT2D eigenvalue weighted by Gasteiger charge is -2.18. The van der Waals surface area contributed by atoms with Crippen molar-refractivity contribution in [2.24, 2.45) is 0 Å². The highest BCUT2D eigenvalue weighted by molar-refractivity contribution is 6.33. The van der Waals surface area contributed by atoms with Crippen LogP contribution in [0.3, 0.4) is 0 Å². The Morgan fingerprint density at radius 2 is 2.08 bits per heavy atom. The minimum absolute atomic E-state index is 0.180. The molecule has 26 heavy (non-hydrogen) atoms. The average Bonchev–Trinajstić information content (AvgIpc) is 3.20. The summed E-state index contributed by atoms with van der Waals surface area (Å²) >= 11 is 6.09. The zero-order valence-corrected chi connectivity index (χ0v) is 15.7. The van der Waals surface area contributed by atoms with Crippen molar-refractivity contribution in [2.45, 2.75) is 26.3 Å². The van der Waals surface area contributed by atoms with Gasteiger partial charge in [-0.2, -0.15) is 5.10 Å². The molecule has 1 aliphatic heterocycles. The van der Waals surface area contributed by atoms with Crippen LogP contribution in [-0.2, 0) is 4.74 Å². The third kappa shape index (κ3) is 3.67. The summed E-state index contributed by atoms with van der Waals surface area (Å²) < 4.78 is 6.65. The maximum atomic E-state index is 12.5. The molecular weight excluding hydrogens is 356 g/mol. The molecule has 8 heteroatoms. The first-order chi connectivity index (χ1) is 12.4. The lowest BCUT2D eigenvalue weighted by atomic mass is 10.2. The van der Waals surface area contributed by atoms with Crippen LogP contribution in [0.25, 0.3) is 0 Å². The van der Waals surface area contributed by atoms with Crippen LogP contribution in [0.5, 0.6) is 0 Å². The van der Waals surface area contributed by atoms with Gasteiger partial charge in [-0.3, -0.25) is 4.68 Å². The number of carbonyl (C=O) groups is 2. The van der Waals surface area contributed by atoms with E-state index in [9.17, 15) is 9.59 Å². The Balaban J connectivity index is 1.65. The van der Waals surface area contributed by atoms with Crippen molar-refractivity contribution in [1.29, 1.82) is 0 Å². The summed E-state index contributed by atoms with van der Waals surface area (Å²) in [7, 11) is 1.29. The van der Waals surface area contributed by atoms with Gasteiger partial charge in [0.2, 0.25) is 0 Å². The lowest BCUT2D eigenvalue weighted by Crippen LogP contribution is -2.33. The highest BCUT2D eigenvalue weighted by Crippen LogP contribution is 2.25. The Kier molecular flexibility index (Phi) is 5.18. The van der Waals surface area contributed by atoms with Crippen LogP contribution in [0.2, 0.25) is 5.02 Å². The summed E-state index contributed by atoms with van der Waals surface area (Å²) in [5, 5.41) is 7.57. The zero-order valence-electron chi connectivity index (χ0n) is 15.0. The molecule has 0 bridgehead atoms. The predicted molar refractivity (Wildman–Crippen MR) is 98.7 cm³/mol. The quantitative estimate of drug-likeness (QED) is 0.833. The summed E-state index contributed by atoms with van der Waals surface area (Å²) in [5.41, 5.74) is 2.87. The molecule has 1 saturated heterocycles. The van der Waals surface area contributed by atoms with Crippen LogP contribution < -0.4 is 5.32 Å². The molecule has 1 N–H and O–H groups in total. The summed E-state index contributed by atoms with van der Waals surface area (Å²) in [5.74, 6) is -0.514. The molecule has 3 rings (SSSR count). The van der Waals surface area contributed by atoms with Crippen LogP contribution in [0, 0.1) is 13.8 Å². The fraction of sp³-hybridized carbons (Fsp3) is 0.389. The van der Waals surface area contributed by atoms with E-state index < -0.39 is 5.97 Å². The molecule has 2 amide bonds. The van der Waals surface area contributed by atoms with Gasteiger partial charge >= 0.3 is 12.0 Å². The Morgan fingerprint density at radius 3 is 2.69 bits per heavy atom. The minimum atomic E-state index is -0.514. The van der Waals surface area contributed by atoms with E-state index in [1.165, 1.54) is 13.2 Å². The van der Waals surface area contributed by atoms with Crippen LogP contribution in [-0.4, -0.2) is 46.9 Å². The van der Waals surface area contributed by atoms with Crippen molar-refractivity contribution in [3.63, 3.8) is 0 Å². The topological polar surface area (TPSA) is 76.5 Å². The number of hydrogen-bond donors (Lipinski definition) is 1. The number of likely N-dealkylation sites (tertiary alicyclic amines) is 1. The summed E-state index contributed by atoms with van der Waals surface area (Å²) in [6.45, 7) is 5.24. The van der Waals surface area contributed by atoms with E-state index in [-0.39, 0.29) is 22.7 Å². The van der Waals surface area contributed by atoms with Gasteiger partial charge in [0.05, 0.1) is 29.4 Å². The fourth-order valence-corrected chi connectivity index (χ4v) is 3.47. The van der Waals surface area contributed by atoms with Crippen LogP contribution in [0.4, 0.5) is 10.5 Å². The van der Waals surface area contributed by atoms with Crippen LogP contribution >= 0.6 is 11.6 Å². The summed E-state index contributed by atoms with van der Waals surface area (Å²) in [4.78, 5) is 25.8. The first-order valence-electron chi connectivity index (χ1n) is 8.35. The number of nitrogens with zero attached hydrogens (tertiary/aromatic N) is 3. The third-order valence-electron chi connectivity index (χ3n) is 4.47. The van der Waals surface area contributed by atoms with Crippen molar-refractivity contribution >= 4 is 29.3 Å². The molecule has 0 radical (unpaired) electrons. The van der Waals surface area contributed by atoms with Crippen molar-refractivity contribution < 1.29 is 14.3 Å². The Morgan fingerprint density at radius 1 is 1.31 bits per heavy atom. The number of carbonyl (C=O) groups excluding carboxylic acids is 2. The van der Waals surface area contributed by atoms with Gasteiger partial charge in [-0.15, -0.1) is 0 Å². The van der Waals surface area contributed by atoms with Gasteiger partial charge in [-0.05, 0) is 44.5 Å². The number of urea groups is 1. The number of nitrogens with one attached hydrogen (secondary N) is 1. The molecule has 2 aromatic rings. The zero-order chi connectivity index (χ0) is 18.8. The standard InChI is InChI=1S/C18H21ClN4O3/c1-11-8-12(2)23(21-11)14-6-7-22(10-14)18(25)20-13-4-5-15(16(19)9-13)17(24)26-3/h4-5,8-9,14H,6-7,10H2,1-3H3,(H,20,25). The molecule has 1 aromatic carbocycles. The predicted octanol–water partition coefficient (Wildman–Crippen LogP) is 3.42. The monoisotopic (exact) mass is 376 g/mol. The smallest absolute Gasteiger partial charge is 0.339 e. The van der Waals surface area contributed by atoms with Crippen molar-refractivity contribution in [3.8, 4) is 0 Å². The van der Waals surface area contributed by atoms with E-state index in [2.05, 4.69) is 15.2 Å². The summed E-state index contributed by atoms with van der Waals surface area (Å²) in [6, 6.07) is 6.72. The second-order valence-electron chi connectivity index (χ2n) is 6.38. The van der Waals surface area contributed by atoms with E-state index in [1.54, 1.807) is 17.0 Å². The number of halogens is 1. The number of anilines is 1. The molecular formula is C18H21ClN4O3. The largest absolute Gasteiger partial charge is 0.465 e. The van der Waals surface area contributed by atoms with E-state index >= 15 is 0 Å². The molecule has 1 fully saturated rings. The van der Waals surface area contributed by atoms with E-state index in [1.807, 2.05) is 24.6 Å². The number of esters is 1. The number of benzene rings is 1. The Hall–Kier alpha value is -2.54. The number of aromatic nitrogens is 2. The number of aryl methyl sites for hydroxylation is 2. The van der Waals surface area contributed by atoms with E-state index in [0.717, 1.165) is 17.8 Å². The molecule has 0 spiro atoms. The summed E-state index contributed by atoms with van der Waals surface area (Å²) in [6.07, 6.45) is 0.859. The first-order valence-corrected chi connectivity index (χ1v) is 8.73. The molecule has 1 aliphatic rings. The van der Waals surface area contributed by atoms with Gasteiger partial charge in [-0.1, -0.05) is 11.6 Å². The maximum Gasteiger partial charge on any atom is 0.339 e.